The molecule has 21 heavy (non-hydrogen) atoms. The number of aryl methyl sites for hydroxylation is 1. The fraction of sp³-hybridized carbons (Fsp3) is 0.611. The first-order chi connectivity index (χ1) is 10.2. The van der Waals surface area contributed by atoms with Crippen LogP contribution in [0.2, 0.25) is 0 Å². The number of carbonyl (C=O) groups excluding carboxylic acids is 1. The number of aliphatic hydroxyl groups excluding tert-OH is 1. The van der Waals surface area contributed by atoms with Gasteiger partial charge in [0.25, 0.3) is 0 Å². The molecular weight excluding hydrogens is 262 g/mol. The van der Waals surface area contributed by atoms with Crippen LogP contribution in [0.5, 0.6) is 0 Å². The molecule has 1 fully saturated rings. The van der Waals surface area contributed by atoms with E-state index in [1.165, 1.54) is 5.56 Å². The topological polar surface area (TPSA) is 49.3 Å². The van der Waals surface area contributed by atoms with E-state index in [-0.39, 0.29) is 24.0 Å². The summed E-state index contributed by atoms with van der Waals surface area (Å²) in [7, 11) is 0. The average molecular weight is 289 g/mol. The molecule has 1 aliphatic rings. The first kappa shape index (κ1) is 16.0. The molecule has 0 radical (unpaired) electrons. The minimum atomic E-state index is -0.362. The fourth-order valence-electron chi connectivity index (χ4n) is 2.99. The maximum Gasteiger partial charge on any atom is 0.223 e. The van der Waals surface area contributed by atoms with Gasteiger partial charge in [-0.15, -0.1) is 0 Å². The second kappa shape index (κ2) is 8.18. The van der Waals surface area contributed by atoms with E-state index in [0.717, 1.165) is 44.9 Å². The number of rotatable bonds is 6. The number of hydrogen-bond acceptors (Lipinski definition) is 2. The maximum absolute atomic E-state index is 12.2. The Hall–Kier alpha value is -1.35. The van der Waals surface area contributed by atoms with E-state index in [4.69, 9.17) is 0 Å². The van der Waals surface area contributed by atoms with Crippen molar-refractivity contribution < 1.29 is 9.90 Å². The Kier molecular flexibility index (Phi) is 6.24. The molecule has 3 atom stereocenters. The fourth-order valence-corrected chi connectivity index (χ4v) is 2.99. The van der Waals surface area contributed by atoms with Crippen molar-refractivity contribution in [3.8, 4) is 0 Å². The molecule has 3 nitrogen and oxygen atoms in total. The molecule has 2 N–H and O–H groups in total. The quantitative estimate of drug-likeness (QED) is 0.845. The van der Waals surface area contributed by atoms with Crippen molar-refractivity contribution in [1.82, 2.24) is 5.32 Å². The molecular formula is C18H27NO2. The lowest BCUT2D eigenvalue weighted by Gasteiger charge is -2.29. The van der Waals surface area contributed by atoms with Gasteiger partial charge in [0.15, 0.2) is 0 Å². The molecule has 116 valence electrons. The van der Waals surface area contributed by atoms with Crippen LogP contribution in [0.15, 0.2) is 30.3 Å². The number of carbonyl (C=O) groups is 1. The van der Waals surface area contributed by atoms with Crippen molar-refractivity contribution in [3.63, 3.8) is 0 Å². The van der Waals surface area contributed by atoms with Crippen LogP contribution in [0.4, 0.5) is 0 Å². The lowest BCUT2D eigenvalue weighted by Crippen LogP contribution is -2.46. The van der Waals surface area contributed by atoms with Crippen molar-refractivity contribution in [3.05, 3.63) is 35.9 Å². The van der Waals surface area contributed by atoms with Gasteiger partial charge in [-0.2, -0.15) is 0 Å². The zero-order valence-electron chi connectivity index (χ0n) is 12.9. The minimum Gasteiger partial charge on any atom is -0.391 e. The van der Waals surface area contributed by atoms with Crippen LogP contribution in [0.1, 0.15) is 51.0 Å². The SMILES string of the molecule is CC(CCCc1ccccc1)C(=O)NC1CCCCC1O. The summed E-state index contributed by atoms with van der Waals surface area (Å²) in [4.78, 5) is 12.2. The van der Waals surface area contributed by atoms with E-state index in [1.54, 1.807) is 0 Å². The Morgan fingerprint density at radius 2 is 2.00 bits per heavy atom. The summed E-state index contributed by atoms with van der Waals surface area (Å²) in [6.07, 6.45) is 6.46. The predicted molar refractivity (Wildman–Crippen MR) is 84.9 cm³/mol. The van der Waals surface area contributed by atoms with E-state index in [0.29, 0.717) is 0 Å². The molecule has 3 unspecified atom stereocenters. The van der Waals surface area contributed by atoms with Crippen LogP contribution in [-0.2, 0) is 11.2 Å². The van der Waals surface area contributed by atoms with Gasteiger partial charge in [0, 0.05) is 5.92 Å². The lowest BCUT2D eigenvalue weighted by molar-refractivity contribution is -0.126. The third-order valence-electron chi connectivity index (χ3n) is 4.45. The van der Waals surface area contributed by atoms with Gasteiger partial charge >= 0.3 is 0 Å². The van der Waals surface area contributed by atoms with Crippen LogP contribution in [0.3, 0.4) is 0 Å². The molecule has 1 aromatic carbocycles. The zero-order chi connectivity index (χ0) is 15.1. The average Bonchev–Trinajstić information content (AvgIpc) is 2.50. The number of nitrogens with one attached hydrogen (secondary N) is 1. The molecule has 0 heterocycles. The highest BCUT2D eigenvalue weighted by Crippen LogP contribution is 2.19. The van der Waals surface area contributed by atoms with Crippen molar-refractivity contribution >= 4 is 5.91 Å². The highest BCUT2D eigenvalue weighted by molar-refractivity contribution is 5.78. The van der Waals surface area contributed by atoms with E-state index < -0.39 is 0 Å². The Bertz CT molecular complexity index is 432. The van der Waals surface area contributed by atoms with Gasteiger partial charge in [-0.3, -0.25) is 4.79 Å². The van der Waals surface area contributed by atoms with Gasteiger partial charge in [-0.25, -0.2) is 0 Å². The highest BCUT2D eigenvalue weighted by atomic mass is 16.3. The van der Waals surface area contributed by atoms with Gasteiger partial charge in [0.05, 0.1) is 12.1 Å². The van der Waals surface area contributed by atoms with Crippen molar-refractivity contribution in [2.45, 2.75) is 64.0 Å². The third-order valence-corrected chi connectivity index (χ3v) is 4.45. The normalized spacial score (nSPS) is 23.5. The van der Waals surface area contributed by atoms with Crippen LogP contribution < -0.4 is 5.32 Å². The van der Waals surface area contributed by atoms with Crippen molar-refractivity contribution in [1.29, 1.82) is 0 Å². The van der Waals surface area contributed by atoms with Gasteiger partial charge in [-0.1, -0.05) is 50.1 Å². The Labute approximate surface area is 127 Å². The Balaban J connectivity index is 1.69. The molecule has 0 saturated heterocycles. The molecule has 0 aromatic heterocycles. The van der Waals surface area contributed by atoms with E-state index in [9.17, 15) is 9.90 Å². The van der Waals surface area contributed by atoms with Crippen LogP contribution in [-0.4, -0.2) is 23.2 Å². The smallest absolute Gasteiger partial charge is 0.223 e. The monoisotopic (exact) mass is 289 g/mol. The van der Waals surface area contributed by atoms with Gasteiger partial charge in [-0.05, 0) is 37.7 Å². The summed E-state index contributed by atoms with van der Waals surface area (Å²) in [5.74, 6) is 0.108. The standard InChI is InChI=1S/C18H27NO2/c1-14(8-7-11-15-9-3-2-4-10-15)18(21)19-16-12-5-6-13-17(16)20/h2-4,9-10,14,16-17,20H,5-8,11-13H2,1H3,(H,19,21). The van der Waals surface area contributed by atoms with E-state index in [1.807, 2.05) is 13.0 Å². The molecule has 1 amide bonds. The van der Waals surface area contributed by atoms with Gasteiger partial charge in [0.2, 0.25) is 5.91 Å². The first-order valence-corrected chi connectivity index (χ1v) is 8.19. The molecule has 1 aromatic rings. The minimum absolute atomic E-state index is 0.0165. The molecule has 0 bridgehead atoms. The molecule has 0 spiro atoms. The summed E-state index contributed by atoms with van der Waals surface area (Å²) in [5.41, 5.74) is 1.33. The number of hydrogen-bond donors (Lipinski definition) is 2. The lowest BCUT2D eigenvalue weighted by atomic mass is 9.91. The molecule has 2 rings (SSSR count). The van der Waals surface area contributed by atoms with Crippen LogP contribution in [0, 0.1) is 5.92 Å². The maximum atomic E-state index is 12.2. The molecule has 1 saturated carbocycles. The van der Waals surface area contributed by atoms with Crippen molar-refractivity contribution in [2.24, 2.45) is 5.92 Å². The predicted octanol–water partition coefficient (Wildman–Crippen LogP) is 3.07. The summed E-state index contributed by atoms with van der Waals surface area (Å²) in [5, 5.41) is 12.9. The van der Waals surface area contributed by atoms with E-state index >= 15 is 0 Å². The Morgan fingerprint density at radius 3 is 2.71 bits per heavy atom. The number of benzene rings is 1. The van der Waals surface area contributed by atoms with E-state index in [2.05, 4.69) is 29.6 Å². The molecule has 0 aliphatic heterocycles. The summed E-state index contributed by atoms with van der Waals surface area (Å²) in [6.45, 7) is 1.98. The largest absolute Gasteiger partial charge is 0.391 e. The van der Waals surface area contributed by atoms with Crippen LogP contribution in [0.25, 0.3) is 0 Å². The second-order valence-corrected chi connectivity index (χ2v) is 6.25. The number of amides is 1. The van der Waals surface area contributed by atoms with Gasteiger partial charge in [0.1, 0.15) is 0 Å². The zero-order valence-corrected chi connectivity index (χ0v) is 12.9. The van der Waals surface area contributed by atoms with Crippen LogP contribution >= 0.6 is 0 Å². The highest BCUT2D eigenvalue weighted by Gasteiger charge is 2.25. The first-order valence-electron chi connectivity index (χ1n) is 8.19. The second-order valence-electron chi connectivity index (χ2n) is 6.25. The summed E-state index contributed by atoms with van der Waals surface area (Å²) in [6, 6.07) is 10.3. The number of aliphatic hydroxyl groups is 1. The summed E-state index contributed by atoms with van der Waals surface area (Å²) >= 11 is 0. The Morgan fingerprint density at radius 1 is 1.29 bits per heavy atom. The van der Waals surface area contributed by atoms with Crippen molar-refractivity contribution in [2.75, 3.05) is 0 Å². The third kappa shape index (κ3) is 5.16. The van der Waals surface area contributed by atoms with Gasteiger partial charge < -0.3 is 10.4 Å². The molecule has 1 aliphatic carbocycles. The molecule has 3 heteroatoms. The summed E-state index contributed by atoms with van der Waals surface area (Å²) < 4.78 is 0.